The number of benzene rings is 2. The summed E-state index contributed by atoms with van der Waals surface area (Å²) in [6.07, 6.45) is 0.00601. The van der Waals surface area contributed by atoms with Crippen molar-refractivity contribution in [2.75, 3.05) is 11.9 Å². The summed E-state index contributed by atoms with van der Waals surface area (Å²) in [6, 6.07) is 14.9. The Labute approximate surface area is 169 Å². The molecule has 0 aliphatic heterocycles. The summed E-state index contributed by atoms with van der Waals surface area (Å²) in [5.41, 5.74) is 2.15. The number of rotatable bonds is 7. The van der Waals surface area contributed by atoms with Gasteiger partial charge in [-0.2, -0.15) is 0 Å². The van der Waals surface area contributed by atoms with Crippen LogP contribution in [0.2, 0.25) is 0 Å². The van der Waals surface area contributed by atoms with Crippen LogP contribution in [0.5, 0.6) is 0 Å². The van der Waals surface area contributed by atoms with E-state index in [0.29, 0.717) is 22.5 Å². The third kappa shape index (κ3) is 5.30. The molecule has 3 N–H and O–H groups in total. The van der Waals surface area contributed by atoms with Crippen molar-refractivity contribution in [2.45, 2.75) is 31.1 Å². The maximum Gasteiger partial charge on any atom is 0.248 e. The third-order valence-electron chi connectivity index (χ3n) is 4.51. The Morgan fingerprint density at radius 3 is 2.45 bits per heavy atom. The third-order valence-corrected chi connectivity index (χ3v) is 5.97. The first-order valence-corrected chi connectivity index (χ1v) is 10.8. The van der Waals surface area contributed by atoms with Gasteiger partial charge in [0.1, 0.15) is 0 Å². The fourth-order valence-electron chi connectivity index (χ4n) is 2.86. The number of aromatic nitrogens is 1. The summed E-state index contributed by atoms with van der Waals surface area (Å²) in [7, 11) is -3.77. The van der Waals surface area contributed by atoms with Crippen LogP contribution in [0.3, 0.4) is 0 Å². The van der Waals surface area contributed by atoms with Gasteiger partial charge in [0, 0.05) is 30.2 Å². The van der Waals surface area contributed by atoms with Crippen molar-refractivity contribution in [3.8, 4) is 0 Å². The highest BCUT2D eigenvalue weighted by Crippen LogP contribution is 2.18. The van der Waals surface area contributed by atoms with Crippen molar-refractivity contribution in [1.82, 2.24) is 9.71 Å². The number of carbonyl (C=O) groups excluding carboxylic acids is 1. The minimum absolute atomic E-state index is 0.00601. The van der Waals surface area contributed by atoms with E-state index in [1.165, 1.54) is 23.8 Å². The molecule has 0 aliphatic carbocycles. The molecule has 3 aromatic rings. The highest BCUT2D eigenvalue weighted by molar-refractivity contribution is 7.89. The van der Waals surface area contributed by atoms with Crippen LogP contribution in [-0.4, -0.2) is 25.9 Å². The lowest BCUT2D eigenvalue weighted by molar-refractivity contribution is -0.116. The Kier molecular flexibility index (Phi) is 6.14. The number of hydrogen-bond acceptors (Lipinski definition) is 4. The zero-order valence-corrected chi connectivity index (χ0v) is 17.0. The second kappa shape index (κ2) is 8.59. The quantitative estimate of drug-likeness (QED) is 0.553. The number of aromatic amines is 1. The summed E-state index contributed by atoms with van der Waals surface area (Å²) in [4.78, 5) is 26.1. The minimum Gasteiger partial charge on any atom is -0.326 e. The molecule has 1 heterocycles. The summed E-state index contributed by atoms with van der Waals surface area (Å²) >= 11 is 0. The van der Waals surface area contributed by atoms with Crippen molar-refractivity contribution < 1.29 is 13.2 Å². The van der Waals surface area contributed by atoms with Crippen LogP contribution in [-0.2, 0) is 14.8 Å². The zero-order valence-electron chi connectivity index (χ0n) is 16.2. The van der Waals surface area contributed by atoms with E-state index in [0.717, 1.165) is 0 Å². The van der Waals surface area contributed by atoms with Gasteiger partial charge in [-0.25, -0.2) is 13.1 Å². The highest BCUT2D eigenvalue weighted by atomic mass is 32.2. The molecule has 8 heteroatoms. The molecular formula is C21H23N3O4S. The van der Waals surface area contributed by atoms with E-state index in [1.54, 1.807) is 12.1 Å². The van der Waals surface area contributed by atoms with Gasteiger partial charge in [-0.05, 0) is 53.3 Å². The van der Waals surface area contributed by atoms with Crippen LogP contribution in [0.1, 0.15) is 31.7 Å². The molecule has 29 heavy (non-hydrogen) atoms. The van der Waals surface area contributed by atoms with Crippen LogP contribution in [0.25, 0.3) is 10.9 Å². The van der Waals surface area contributed by atoms with Crippen molar-refractivity contribution >= 4 is 32.5 Å². The molecule has 0 bridgehead atoms. The van der Waals surface area contributed by atoms with Crippen molar-refractivity contribution in [2.24, 2.45) is 0 Å². The van der Waals surface area contributed by atoms with Crippen molar-refractivity contribution in [1.29, 1.82) is 0 Å². The monoisotopic (exact) mass is 413 g/mol. The molecule has 0 atom stereocenters. The van der Waals surface area contributed by atoms with E-state index in [-0.39, 0.29) is 29.3 Å². The summed E-state index contributed by atoms with van der Waals surface area (Å²) in [5, 5.41) is 3.36. The standard InChI is InChI=1S/C21H23N3O4S/c1-14(2)15-3-6-17(7-4-15)23-21(26)11-12-22-29(27,28)18-8-9-19-16(13-18)5-10-20(25)24-19/h3-10,13-14,22H,11-12H2,1-2H3,(H,23,26)(H,24,25). The zero-order chi connectivity index (χ0) is 21.0. The lowest BCUT2D eigenvalue weighted by atomic mass is 10.0. The molecule has 1 amide bonds. The number of sulfonamides is 1. The average molecular weight is 413 g/mol. The van der Waals surface area contributed by atoms with Gasteiger partial charge in [0.2, 0.25) is 21.5 Å². The number of pyridine rings is 1. The van der Waals surface area contributed by atoms with Crippen LogP contribution in [0.4, 0.5) is 5.69 Å². The summed E-state index contributed by atoms with van der Waals surface area (Å²) in [5.74, 6) is 0.130. The smallest absolute Gasteiger partial charge is 0.248 e. The first kappa shape index (κ1) is 20.8. The number of amides is 1. The molecular weight excluding hydrogens is 390 g/mol. The van der Waals surface area contributed by atoms with Crippen LogP contribution in [0.15, 0.2) is 64.3 Å². The molecule has 2 aromatic carbocycles. The molecule has 0 saturated heterocycles. The summed E-state index contributed by atoms with van der Waals surface area (Å²) < 4.78 is 27.4. The van der Waals surface area contributed by atoms with Gasteiger partial charge in [0.05, 0.1) is 4.90 Å². The largest absolute Gasteiger partial charge is 0.326 e. The van der Waals surface area contributed by atoms with E-state index in [4.69, 9.17) is 0 Å². The van der Waals surface area contributed by atoms with Gasteiger partial charge in [-0.15, -0.1) is 0 Å². The van der Waals surface area contributed by atoms with Crippen LogP contribution >= 0.6 is 0 Å². The molecule has 3 rings (SSSR count). The normalized spacial score (nSPS) is 11.7. The number of anilines is 1. The molecule has 0 saturated carbocycles. The average Bonchev–Trinajstić information content (AvgIpc) is 2.67. The molecule has 7 nitrogen and oxygen atoms in total. The maximum atomic E-state index is 12.5. The fourth-order valence-corrected chi connectivity index (χ4v) is 3.92. The van der Waals surface area contributed by atoms with Gasteiger partial charge in [-0.3, -0.25) is 9.59 Å². The van der Waals surface area contributed by atoms with Gasteiger partial charge < -0.3 is 10.3 Å². The van der Waals surface area contributed by atoms with E-state index in [9.17, 15) is 18.0 Å². The number of fused-ring (bicyclic) bond motifs is 1. The summed E-state index contributed by atoms with van der Waals surface area (Å²) in [6.45, 7) is 4.16. The van der Waals surface area contributed by atoms with E-state index < -0.39 is 10.0 Å². The van der Waals surface area contributed by atoms with Gasteiger partial charge in [-0.1, -0.05) is 26.0 Å². The number of hydrogen-bond donors (Lipinski definition) is 3. The first-order valence-electron chi connectivity index (χ1n) is 9.27. The molecule has 1 aromatic heterocycles. The number of carbonyl (C=O) groups is 1. The van der Waals surface area contributed by atoms with Crippen molar-refractivity contribution in [3.63, 3.8) is 0 Å². The lowest BCUT2D eigenvalue weighted by Crippen LogP contribution is -2.27. The second-order valence-electron chi connectivity index (χ2n) is 7.04. The molecule has 0 unspecified atom stereocenters. The van der Waals surface area contributed by atoms with Crippen molar-refractivity contribution in [3.05, 3.63) is 70.5 Å². The first-order chi connectivity index (χ1) is 13.7. The lowest BCUT2D eigenvalue weighted by Gasteiger charge is -2.10. The molecule has 0 aliphatic rings. The predicted octanol–water partition coefficient (Wildman–Crippen LogP) is 2.96. The second-order valence-corrected chi connectivity index (χ2v) is 8.81. The van der Waals surface area contributed by atoms with E-state index in [2.05, 4.69) is 28.9 Å². The van der Waals surface area contributed by atoms with Crippen LogP contribution < -0.4 is 15.6 Å². The Morgan fingerprint density at radius 2 is 1.76 bits per heavy atom. The predicted molar refractivity (Wildman–Crippen MR) is 114 cm³/mol. The topological polar surface area (TPSA) is 108 Å². The molecule has 0 spiro atoms. The highest BCUT2D eigenvalue weighted by Gasteiger charge is 2.15. The van der Waals surface area contributed by atoms with Gasteiger partial charge in [0.15, 0.2) is 0 Å². The minimum atomic E-state index is -3.77. The Balaban J connectivity index is 1.58. The fraction of sp³-hybridized carbons (Fsp3) is 0.238. The van der Waals surface area contributed by atoms with Gasteiger partial charge >= 0.3 is 0 Å². The van der Waals surface area contributed by atoms with E-state index >= 15 is 0 Å². The Bertz CT molecular complexity index is 1180. The van der Waals surface area contributed by atoms with E-state index in [1.807, 2.05) is 24.3 Å². The number of nitrogens with one attached hydrogen (secondary N) is 3. The molecule has 0 radical (unpaired) electrons. The van der Waals surface area contributed by atoms with Gasteiger partial charge in [0.25, 0.3) is 0 Å². The SMILES string of the molecule is CC(C)c1ccc(NC(=O)CCNS(=O)(=O)c2ccc3[nH]c(=O)ccc3c2)cc1. The number of H-pyrrole nitrogens is 1. The Hall–Kier alpha value is -2.97. The molecule has 152 valence electrons. The molecule has 0 fully saturated rings. The van der Waals surface area contributed by atoms with Crippen LogP contribution in [0, 0.1) is 0 Å². The Morgan fingerprint density at radius 1 is 1.03 bits per heavy atom. The maximum absolute atomic E-state index is 12.5.